The third-order valence-electron chi connectivity index (χ3n) is 4.14. The van der Waals surface area contributed by atoms with Crippen molar-refractivity contribution < 1.29 is 4.42 Å². The van der Waals surface area contributed by atoms with E-state index in [0.29, 0.717) is 0 Å². The van der Waals surface area contributed by atoms with E-state index in [0.717, 1.165) is 49.4 Å². The van der Waals surface area contributed by atoms with E-state index in [-0.39, 0.29) is 0 Å². The molecule has 3 nitrogen and oxygen atoms in total. The Balaban J connectivity index is 1.37. The zero-order valence-corrected chi connectivity index (χ0v) is 11.2. The van der Waals surface area contributed by atoms with E-state index in [9.17, 15) is 0 Å². The molecule has 1 aromatic rings. The summed E-state index contributed by atoms with van der Waals surface area (Å²) in [6.45, 7) is 1.10. The van der Waals surface area contributed by atoms with Crippen molar-refractivity contribution in [1.82, 2.24) is 10.3 Å². The molecule has 0 spiro atoms. The fourth-order valence-corrected chi connectivity index (χ4v) is 2.89. The van der Waals surface area contributed by atoms with Crippen LogP contribution in [-0.4, -0.2) is 17.6 Å². The molecule has 2 saturated carbocycles. The van der Waals surface area contributed by atoms with Crippen LogP contribution < -0.4 is 5.32 Å². The quantitative estimate of drug-likeness (QED) is 0.754. The van der Waals surface area contributed by atoms with Crippen LogP contribution in [0.5, 0.6) is 0 Å². The molecule has 1 aromatic heterocycles. The van der Waals surface area contributed by atoms with Gasteiger partial charge < -0.3 is 9.73 Å². The summed E-state index contributed by atoms with van der Waals surface area (Å²) in [5, 5.41) is 3.52. The molecule has 0 aromatic carbocycles. The molecule has 100 valence electrons. The Morgan fingerprint density at radius 2 is 2.06 bits per heavy atom. The molecule has 0 saturated heterocycles. The molecule has 0 radical (unpaired) electrons. The van der Waals surface area contributed by atoms with Crippen molar-refractivity contribution in [3.05, 3.63) is 17.8 Å². The van der Waals surface area contributed by atoms with Crippen molar-refractivity contribution in [2.24, 2.45) is 5.92 Å². The average Bonchev–Trinajstić information content (AvgIpc) is 2.88. The maximum atomic E-state index is 5.83. The number of aromatic nitrogens is 1. The van der Waals surface area contributed by atoms with E-state index >= 15 is 0 Å². The van der Waals surface area contributed by atoms with Crippen LogP contribution in [0.2, 0.25) is 0 Å². The molecule has 18 heavy (non-hydrogen) atoms. The first-order valence-corrected chi connectivity index (χ1v) is 7.57. The molecule has 1 heterocycles. The summed E-state index contributed by atoms with van der Waals surface area (Å²) in [6, 6.07) is 0.812. The lowest BCUT2D eigenvalue weighted by atomic mass is 10.0. The number of nitrogens with zero attached hydrogens (tertiary/aromatic N) is 1. The minimum Gasteiger partial charge on any atom is -0.446 e. The molecule has 3 rings (SSSR count). The van der Waals surface area contributed by atoms with Gasteiger partial charge in [0.2, 0.25) is 0 Å². The van der Waals surface area contributed by atoms with Gasteiger partial charge in [-0.2, -0.15) is 0 Å². The number of nitrogens with one attached hydrogen (secondary N) is 1. The zero-order valence-electron chi connectivity index (χ0n) is 11.2. The van der Waals surface area contributed by atoms with Crippen molar-refractivity contribution in [3.8, 4) is 0 Å². The summed E-state index contributed by atoms with van der Waals surface area (Å²) >= 11 is 0. The first kappa shape index (κ1) is 12.2. The second kappa shape index (κ2) is 5.87. The average molecular weight is 248 g/mol. The monoisotopic (exact) mass is 248 g/mol. The maximum Gasteiger partial charge on any atom is 0.194 e. The van der Waals surface area contributed by atoms with Gasteiger partial charge in [0, 0.05) is 18.9 Å². The second-order valence-electron chi connectivity index (χ2n) is 5.91. The third-order valence-corrected chi connectivity index (χ3v) is 4.14. The van der Waals surface area contributed by atoms with Gasteiger partial charge in [-0.15, -0.1) is 0 Å². The Labute approximate surface area is 109 Å². The van der Waals surface area contributed by atoms with Gasteiger partial charge >= 0.3 is 0 Å². The van der Waals surface area contributed by atoms with E-state index < -0.39 is 0 Å². The van der Waals surface area contributed by atoms with Crippen LogP contribution in [0.15, 0.2) is 10.6 Å². The van der Waals surface area contributed by atoms with Gasteiger partial charge in [-0.3, -0.25) is 0 Å². The number of hydrogen-bond acceptors (Lipinski definition) is 3. The summed E-state index contributed by atoms with van der Waals surface area (Å²) in [5.41, 5.74) is 0. The summed E-state index contributed by atoms with van der Waals surface area (Å²) in [7, 11) is 0. The van der Waals surface area contributed by atoms with Gasteiger partial charge in [-0.25, -0.2) is 4.98 Å². The van der Waals surface area contributed by atoms with Crippen molar-refractivity contribution in [1.29, 1.82) is 0 Å². The Bertz CT molecular complexity index is 364. The molecular weight excluding hydrogens is 224 g/mol. The first-order chi connectivity index (χ1) is 8.90. The van der Waals surface area contributed by atoms with Gasteiger partial charge in [0.15, 0.2) is 5.89 Å². The predicted molar refractivity (Wildman–Crippen MR) is 71.5 cm³/mol. The molecule has 1 N–H and O–H groups in total. The van der Waals surface area contributed by atoms with Crippen LogP contribution in [0.4, 0.5) is 0 Å². The van der Waals surface area contributed by atoms with Crippen LogP contribution in [0, 0.1) is 5.92 Å². The molecule has 0 amide bonds. The van der Waals surface area contributed by atoms with Crippen molar-refractivity contribution in [2.75, 3.05) is 6.54 Å². The summed E-state index contributed by atoms with van der Waals surface area (Å²) in [5.74, 6) is 2.88. The lowest BCUT2D eigenvalue weighted by Crippen LogP contribution is -2.17. The van der Waals surface area contributed by atoms with E-state index in [1.165, 1.54) is 38.5 Å². The predicted octanol–water partition coefficient (Wildman–Crippen LogP) is 3.09. The SMILES string of the molecule is c1nc(CCCNC2CC2)oc1CC1CCCC1. The lowest BCUT2D eigenvalue weighted by Gasteiger charge is -2.04. The van der Waals surface area contributed by atoms with Gasteiger partial charge in [0.05, 0.1) is 6.20 Å². The zero-order chi connectivity index (χ0) is 12.2. The van der Waals surface area contributed by atoms with E-state index in [4.69, 9.17) is 4.42 Å². The fourth-order valence-electron chi connectivity index (χ4n) is 2.89. The molecule has 0 unspecified atom stereocenters. The van der Waals surface area contributed by atoms with Crippen LogP contribution in [0.3, 0.4) is 0 Å². The van der Waals surface area contributed by atoms with Gasteiger partial charge in [-0.1, -0.05) is 25.7 Å². The van der Waals surface area contributed by atoms with Crippen LogP contribution in [-0.2, 0) is 12.8 Å². The van der Waals surface area contributed by atoms with Crippen LogP contribution >= 0.6 is 0 Å². The molecule has 2 fully saturated rings. The fraction of sp³-hybridized carbons (Fsp3) is 0.800. The molecule has 0 atom stereocenters. The number of oxazole rings is 1. The summed E-state index contributed by atoms with van der Waals surface area (Å²) in [6.07, 6.45) is 13.5. The van der Waals surface area contributed by atoms with Crippen molar-refractivity contribution >= 4 is 0 Å². The van der Waals surface area contributed by atoms with E-state index in [1.807, 2.05) is 6.20 Å². The summed E-state index contributed by atoms with van der Waals surface area (Å²) in [4.78, 5) is 4.40. The van der Waals surface area contributed by atoms with Crippen LogP contribution in [0.1, 0.15) is 56.6 Å². The molecule has 0 bridgehead atoms. The maximum absolute atomic E-state index is 5.83. The van der Waals surface area contributed by atoms with Crippen LogP contribution in [0.25, 0.3) is 0 Å². The smallest absolute Gasteiger partial charge is 0.194 e. The highest BCUT2D eigenvalue weighted by Crippen LogP contribution is 2.28. The number of aryl methyl sites for hydroxylation is 1. The van der Waals surface area contributed by atoms with E-state index in [2.05, 4.69) is 10.3 Å². The highest BCUT2D eigenvalue weighted by atomic mass is 16.4. The molecule has 3 heteroatoms. The number of hydrogen-bond donors (Lipinski definition) is 1. The highest BCUT2D eigenvalue weighted by Gasteiger charge is 2.20. The third kappa shape index (κ3) is 3.58. The minimum atomic E-state index is 0.812. The lowest BCUT2D eigenvalue weighted by molar-refractivity contribution is 0.410. The Morgan fingerprint density at radius 3 is 2.83 bits per heavy atom. The molecule has 0 aliphatic heterocycles. The normalized spacial score (nSPS) is 20.7. The molecule has 2 aliphatic carbocycles. The number of rotatable bonds is 7. The highest BCUT2D eigenvalue weighted by molar-refractivity contribution is 4.96. The van der Waals surface area contributed by atoms with Crippen molar-refractivity contribution in [3.63, 3.8) is 0 Å². The summed E-state index contributed by atoms with van der Waals surface area (Å²) < 4.78 is 5.83. The Hall–Kier alpha value is -0.830. The van der Waals surface area contributed by atoms with Crippen molar-refractivity contribution in [2.45, 2.75) is 63.8 Å². The first-order valence-electron chi connectivity index (χ1n) is 7.57. The standard InChI is InChI=1S/C15H24N2O/c1-2-5-12(4-1)10-14-11-17-15(18-14)6-3-9-16-13-7-8-13/h11-13,16H,1-10H2. The minimum absolute atomic E-state index is 0.812. The topological polar surface area (TPSA) is 38.1 Å². The van der Waals surface area contributed by atoms with E-state index in [1.54, 1.807) is 0 Å². The Kier molecular flexibility index (Phi) is 3.99. The molecule has 2 aliphatic rings. The second-order valence-corrected chi connectivity index (χ2v) is 5.91. The molecular formula is C15H24N2O. The van der Waals surface area contributed by atoms with Gasteiger partial charge in [0.1, 0.15) is 5.76 Å². The largest absolute Gasteiger partial charge is 0.446 e. The van der Waals surface area contributed by atoms with Gasteiger partial charge in [-0.05, 0) is 31.7 Å². The Morgan fingerprint density at radius 1 is 1.22 bits per heavy atom. The van der Waals surface area contributed by atoms with Gasteiger partial charge in [0.25, 0.3) is 0 Å².